The van der Waals surface area contributed by atoms with Crippen LogP contribution in [0.5, 0.6) is 0 Å². The summed E-state index contributed by atoms with van der Waals surface area (Å²) in [6.07, 6.45) is 0. The summed E-state index contributed by atoms with van der Waals surface area (Å²) in [6, 6.07) is 0. The van der Waals surface area contributed by atoms with Crippen molar-refractivity contribution in [1.29, 1.82) is 0 Å². The van der Waals surface area contributed by atoms with Gasteiger partial charge in [0.15, 0.2) is 0 Å². The molecule has 1 aliphatic heterocycles. The van der Waals surface area contributed by atoms with Crippen LogP contribution in [-0.4, -0.2) is 39.4 Å². The van der Waals surface area contributed by atoms with Crippen molar-refractivity contribution in [2.75, 3.05) is 39.4 Å². The Morgan fingerprint density at radius 2 is 1.18 bits per heavy atom. The lowest BCUT2D eigenvalue weighted by atomic mass is 10.6. The van der Waals surface area contributed by atoms with E-state index in [1.165, 1.54) is 0 Å². The molecule has 1 saturated heterocycles. The molecule has 11 heavy (non-hydrogen) atoms. The Morgan fingerprint density at radius 1 is 0.727 bits per heavy atom. The van der Waals surface area contributed by atoms with Crippen molar-refractivity contribution < 1.29 is 4.74 Å². The molecule has 0 aromatic rings. The third kappa shape index (κ3) is 8.37. The van der Waals surface area contributed by atoms with Crippen LogP contribution in [0.25, 0.3) is 0 Å². The first-order chi connectivity index (χ1) is 4.50. The SMILES string of the molecule is C1CNCCOCCN1.Cl.Cl. The molecule has 0 aliphatic carbocycles. The Bertz CT molecular complexity index is 47.1. The van der Waals surface area contributed by atoms with E-state index in [0.29, 0.717) is 0 Å². The van der Waals surface area contributed by atoms with E-state index in [4.69, 9.17) is 4.74 Å². The minimum Gasteiger partial charge on any atom is -0.379 e. The highest BCUT2D eigenvalue weighted by Gasteiger charge is 1.92. The molecule has 70 valence electrons. The maximum atomic E-state index is 5.23. The van der Waals surface area contributed by atoms with Gasteiger partial charge in [-0.2, -0.15) is 0 Å². The number of halogens is 2. The van der Waals surface area contributed by atoms with Crippen LogP contribution in [0.2, 0.25) is 0 Å². The molecule has 1 fully saturated rings. The standard InChI is InChI=1S/C6H14N2O.2ClH/c1-2-8-4-6-9-5-3-7-1;;/h7-8H,1-6H2;2*1H. The van der Waals surface area contributed by atoms with Crippen molar-refractivity contribution in [3.05, 3.63) is 0 Å². The van der Waals surface area contributed by atoms with Crippen molar-refractivity contribution in [3.63, 3.8) is 0 Å². The normalized spacial score (nSPS) is 19.6. The smallest absolute Gasteiger partial charge is 0.0591 e. The van der Waals surface area contributed by atoms with Gasteiger partial charge in [0, 0.05) is 26.2 Å². The van der Waals surface area contributed by atoms with Gasteiger partial charge in [-0.1, -0.05) is 0 Å². The minimum atomic E-state index is 0. The highest BCUT2D eigenvalue weighted by atomic mass is 35.5. The average molecular weight is 203 g/mol. The molecule has 1 heterocycles. The second kappa shape index (κ2) is 10.5. The molecule has 0 radical (unpaired) electrons. The van der Waals surface area contributed by atoms with Gasteiger partial charge in [-0.15, -0.1) is 24.8 Å². The van der Waals surface area contributed by atoms with Gasteiger partial charge in [0.1, 0.15) is 0 Å². The van der Waals surface area contributed by atoms with Gasteiger partial charge in [-0.3, -0.25) is 0 Å². The lowest BCUT2D eigenvalue weighted by molar-refractivity contribution is 0.143. The molecule has 2 N–H and O–H groups in total. The molecule has 0 unspecified atom stereocenters. The third-order valence-electron chi connectivity index (χ3n) is 1.32. The zero-order valence-corrected chi connectivity index (χ0v) is 8.10. The van der Waals surface area contributed by atoms with Crippen molar-refractivity contribution in [2.24, 2.45) is 0 Å². The monoisotopic (exact) mass is 202 g/mol. The van der Waals surface area contributed by atoms with E-state index < -0.39 is 0 Å². The summed E-state index contributed by atoms with van der Waals surface area (Å²) in [5.74, 6) is 0. The van der Waals surface area contributed by atoms with Gasteiger partial charge < -0.3 is 15.4 Å². The van der Waals surface area contributed by atoms with Gasteiger partial charge in [0.2, 0.25) is 0 Å². The molecule has 0 aromatic carbocycles. The van der Waals surface area contributed by atoms with Crippen molar-refractivity contribution in [2.45, 2.75) is 0 Å². The van der Waals surface area contributed by atoms with Crippen LogP contribution in [0, 0.1) is 0 Å². The lowest BCUT2D eigenvalue weighted by Gasteiger charge is -1.98. The second-order valence-electron chi connectivity index (χ2n) is 2.11. The Morgan fingerprint density at radius 3 is 1.64 bits per heavy atom. The minimum absolute atomic E-state index is 0. The number of rotatable bonds is 0. The predicted molar refractivity (Wildman–Crippen MR) is 51.1 cm³/mol. The lowest BCUT2D eigenvalue weighted by Crippen LogP contribution is -2.27. The van der Waals surface area contributed by atoms with Crippen molar-refractivity contribution in [1.82, 2.24) is 10.6 Å². The fourth-order valence-electron chi connectivity index (χ4n) is 0.818. The summed E-state index contributed by atoms with van der Waals surface area (Å²) in [4.78, 5) is 0. The van der Waals surface area contributed by atoms with E-state index in [0.717, 1.165) is 39.4 Å². The topological polar surface area (TPSA) is 33.3 Å². The summed E-state index contributed by atoms with van der Waals surface area (Å²) in [5.41, 5.74) is 0. The van der Waals surface area contributed by atoms with Crippen LogP contribution in [-0.2, 0) is 4.74 Å². The van der Waals surface area contributed by atoms with Crippen LogP contribution in [0.15, 0.2) is 0 Å². The van der Waals surface area contributed by atoms with E-state index in [2.05, 4.69) is 10.6 Å². The average Bonchev–Trinajstić information content (AvgIpc) is 2.00. The first kappa shape index (κ1) is 14.0. The molecule has 0 spiro atoms. The Hall–Kier alpha value is 0.460. The van der Waals surface area contributed by atoms with Crippen LogP contribution >= 0.6 is 24.8 Å². The number of hydrogen-bond donors (Lipinski definition) is 2. The molecule has 0 amide bonds. The molecule has 1 rings (SSSR count). The zero-order valence-electron chi connectivity index (χ0n) is 6.47. The van der Waals surface area contributed by atoms with E-state index in [1.807, 2.05) is 0 Å². The molecular formula is C6H16Cl2N2O. The van der Waals surface area contributed by atoms with Crippen LogP contribution in [0.4, 0.5) is 0 Å². The first-order valence-corrected chi connectivity index (χ1v) is 3.49. The van der Waals surface area contributed by atoms with Gasteiger partial charge >= 0.3 is 0 Å². The van der Waals surface area contributed by atoms with Gasteiger partial charge in [0.25, 0.3) is 0 Å². The summed E-state index contributed by atoms with van der Waals surface area (Å²) in [6.45, 7) is 5.79. The molecule has 5 heteroatoms. The zero-order chi connectivity index (χ0) is 6.36. The van der Waals surface area contributed by atoms with Crippen LogP contribution < -0.4 is 10.6 Å². The molecule has 0 atom stereocenters. The molecule has 0 saturated carbocycles. The van der Waals surface area contributed by atoms with Crippen LogP contribution in [0.3, 0.4) is 0 Å². The number of ether oxygens (including phenoxy) is 1. The summed E-state index contributed by atoms with van der Waals surface area (Å²) < 4.78 is 5.23. The molecular weight excluding hydrogens is 187 g/mol. The maximum Gasteiger partial charge on any atom is 0.0591 e. The fourth-order valence-corrected chi connectivity index (χ4v) is 0.818. The maximum absolute atomic E-state index is 5.23. The predicted octanol–water partition coefficient (Wildman–Crippen LogP) is 0.0394. The summed E-state index contributed by atoms with van der Waals surface area (Å²) >= 11 is 0. The summed E-state index contributed by atoms with van der Waals surface area (Å²) in [7, 11) is 0. The second-order valence-corrected chi connectivity index (χ2v) is 2.11. The van der Waals surface area contributed by atoms with Gasteiger partial charge in [-0.05, 0) is 0 Å². The molecule has 1 aliphatic rings. The third-order valence-corrected chi connectivity index (χ3v) is 1.32. The van der Waals surface area contributed by atoms with Gasteiger partial charge in [-0.25, -0.2) is 0 Å². The Balaban J connectivity index is 0. The van der Waals surface area contributed by atoms with Crippen LogP contribution in [0.1, 0.15) is 0 Å². The number of hydrogen-bond acceptors (Lipinski definition) is 3. The molecule has 3 nitrogen and oxygen atoms in total. The quantitative estimate of drug-likeness (QED) is 0.583. The van der Waals surface area contributed by atoms with E-state index in [-0.39, 0.29) is 24.8 Å². The molecule has 0 aromatic heterocycles. The fraction of sp³-hybridized carbons (Fsp3) is 1.00. The van der Waals surface area contributed by atoms with Crippen molar-refractivity contribution >= 4 is 24.8 Å². The molecule has 0 bridgehead atoms. The largest absolute Gasteiger partial charge is 0.379 e. The Kier molecular flexibility index (Phi) is 13.3. The van der Waals surface area contributed by atoms with E-state index in [1.54, 1.807) is 0 Å². The number of nitrogens with one attached hydrogen (secondary N) is 2. The van der Waals surface area contributed by atoms with Crippen molar-refractivity contribution in [3.8, 4) is 0 Å². The Labute approximate surface area is 80.1 Å². The highest BCUT2D eigenvalue weighted by Crippen LogP contribution is 1.74. The van der Waals surface area contributed by atoms with Gasteiger partial charge in [0.05, 0.1) is 13.2 Å². The highest BCUT2D eigenvalue weighted by molar-refractivity contribution is 5.85. The van der Waals surface area contributed by atoms with E-state index in [9.17, 15) is 0 Å². The first-order valence-electron chi connectivity index (χ1n) is 3.49. The summed E-state index contributed by atoms with van der Waals surface area (Å²) in [5, 5.41) is 6.48. The van der Waals surface area contributed by atoms with E-state index >= 15 is 0 Å².